The number of benzene rings is 1. The van der Waals surface area contributed by atoms with Gasteiger partial charge in [-0.15, -0.1) is 0 Å². The van der Waals surface area contributed by atoms with Crippen molar-refractivity contribution in [1.82, 2.24) is 4.98 Å². The molecule has 0 amide bonds. The van der Waals surface area contributed by atoms with Crippen LogP contribution in [0.4, 0.5) is 11.5 Å². The summed E-state index contributed by atoms with van der Waals surface area (Å²) in [5.74, 6) is 1.34. The van der Waals surface area contributed by atoms with Crippen LogP contribution in [0.3, 0.4) is 0 Å². The van der Waals surface area contributed by atoms with Crippen molar-refractivity contribution < 1.29 is 4.74 Å². The molecule has 0 spiro atoms. The van der Waals surface area contributed by atoms with Crippen LogP contribution >= 0.6 is 0 Å². The average Bonchev–Trinajstić information content (AvgIpc) is 2.39. The molecule has 4 nitrogen and oxygen atoms in total. The van der Waals surface area contributed by atoms with Crippen molar-refractivity contribution in [2.45, 2.75) is 0 Å². The fourth-order valence-corrected chi connectivity index (χ4v) is 1.62. The minimum atomic E-state index is 0.504. The molecule has 17 heavy (non-hydrogen) atoms. The highest BCUT2D eigenvalue weighted by atomic mass is 16.5. The van der Waals surface area contributed by atoms with Crippen LogP contribution in [0.25, 0.3) is 11.1 Å². The van der Waals surface area contributed by atoms with Crippen molar-refractivity contribution in [3.63, 3.8) is 0 Å². The maximum atomic E-state index is 5.73. The van der Waals surface area contributed by atoms with Crippen LogP contribution in [0.1, 0.15) is 0 Å². The Bertz CT molecular complexity index is 509. The molecule has 0 saturated carbocycles. The van der Waals surface area contributed by atoms with Crippen LogP contribution in [-0.4, -0.2) is 19.1 Å². The van der Waals surface area contributed by atoms with Gasteiger partial charge in [0.1, 0.15) is 11.6 Å². The molecule has 0 aliphatic rings. The number of rotatable bonds is 3. The second-order valence-corrected chi connectivity index (χ2v) is 3.64. The van der Waals surface area contributed by atoms with E-state index >= 15 is 0 Å². The van der Waals surface area contributed by atoms with Crippen molar-refractivity contribution in [3.05, 3.63) is 36.5 Å². The summed E-state index contributed by atoms with van der Waals surface area (Å²) in [6.45, 7) is 0. The van der Waals surface area contributed by atoms with Crippen molar-refractivity contribution >= 4 is 11.5 Å². The molecule has 0 aliphatic carbocycles. The number of hydrogen-bond acceptors (Lipinski definition) is 4. The number of pyridine rings is 1. The molecule has 3 N–H and O–H groups in total. The molecule has 0 unspecified atom stereocenters. The lowest BCUT2D eigenvalue weighted by molar-refractivity contribution is 0.415. The van der Waals surface area contributed by atoms with E-state index in [0.717, 1.165) is 22.6 Å². The number of aromatic nitrogens is 1. The van der Waals surface area contributed by atoms with Crippen molar-refractivity contribution in [2.75, 3.05) is 25.2 Å². The van der Waals surface area contributed by atoms with Gasteiger partial charge in [-0.05, 0) is 23.8 Å². The molecule has 0 atom stereocenters. The molecule has 0 aliphatic heterocycles. The van der Waals surface area contributed by atoms with E-state index in [1.54, 1.807) is 13.3 Å². The molecular formula is C13H15N3O. The topological polar surface area (TPSA) is 60.2 Å². The third-order valence-electron chi connectivity index (χ3n) is 2.61. The van der Waals surface area contributed by atoms with Gasteiger partial charge in [0.15, 0.2) is 0 Å². The van der Waals surface area contributed by atoms with E-state index in [0.29, 0.717) is 5.82 Å². The Labute approximate surface area is 100 Å². The fraction of sp³-hybridized carbons (Fsp3) is 0.154. The molecule has 1 aromatic heterocycles. The van der Waals surface area contributed by atoms with E-state index in [-0.39, 0.29) is 0 Å². The predicted octanol–water partition coefficient (Wildman–Crippen LogP) is 2.38. The van der Waals surface area contributed by atoms with Crippen LogP contribution in [0.15, 0.2) is 36.5 Å². The molecular weight excluding hydrogens is 214 g/mol. The van der Waals surface area contributed by atoms with Gasteiger partial charge in [0.25, 0.3) is 0 Å². The smallest absolute Gasteiger partial charge is 0.146 e. The summed E-state index contributed by atoms with van der Waals surface area (Å²) >= 11 is 0. The second-order valence-electron chi connectivity index (χ2n) is 3.64. The number of nitrogens with one attached hydrogen (secondary N) is 1. The Morgan fingerprint density at radius 1 is 1.18 bits per heavy atom. The van der Waals surface area contributed by atoms with Gasteiger partial charge in [0.05, 0.1) is 12.8 Å². The normalized spacial score (nSPS) is 10.0. The van der Waals surface area contributed by atoms with Gasteiger partial charge in [-0.25, -0.2) is 4.98 Å². The number of ether oxygens (including phenoxy) is 1. The van der Waals surface area contributed by atoms with Gasteiger partial charge in [-0.1, -0.05) is 12.1 Å². The standard InChI is InChI=1S/C13H15N3O/c1-15-12-7-10(8-16-13(12)14)9-3-5-11(17-2)6-4-9/h3-8,15H,1-2H3,(H2,14,16). The Morgan fingerprint density at radius 3 is 2.47 bits per heavy atom. The summed E-state index contributed by atoms with van der Waals surface area (Å²) in [6, 6.07) is 9.80. The minimum Gasteiger partial charge on any atom is -0.497 e. The number of hydrogen-bond donors (Lipinski definition) is 2. The van der Waals surface area contributed by atoms with E-state index in [4.69, 9.17) is 10.5 Å². The summed E-state index contributed by atoms with van der Waals surface area (Å²) in [4.78, 5) is 4.15. The molecule has 2 aromatic rings. The molecule has 0 saturated heterocycles. The lowest BCUT2D eigenvalue weighted by atomic mass is 10.1. The van der Waals surface area contributed by atoms with E-state index in [1.165, 1.54) is 0 Å². The van der Waals surface area contributed by atoms with Crippen LogP contribution in [0, 0.1) is 0 Å². The number of methoxy groups -OCH3 is 1. The number of anilines is 2. The first-order chi connectivity index (χ1) is 8.24. The van der Waals surface area contributed by atoms with Gasteiger partial charge in [0.2, 0.25) is 0 Å². The van der Waals surface area contributed by atoms with E-state index in [1.807, 2.05) is 37.4 Å². The summed E-state index contributed by atoms with van der Waals surface area (Å²) in [5.41, 5.74) is 8.66. The molecule has 1 heterocycles. The number of nitrogens with zero attached hydrogens (tertiary/aromatic N) is 1. The summed E-state index contributed by atoms with van der Waals surface area (Å²) in [6.07, 6.45) is 1.76. The highest BCUT2D eigenvalue weighted by Gasteiger charge is 2.03. The van der Waals surface area contributed by atoms with Gasteiger partial charge in [0, 0.05) is 18.8 Å². The lowest BCUT2D eigenvalue weighted by Crippen LogP contribution is -1.98. The molecule has 2 rings (SSSR count). The third-order valence-corrected chi connectivity index (χ3v) is 2.61. The quantitative estimate of drug-likeness (QED) is 0.848. The molecule has 0 bridgehead atoms. The average molecular weight is 229 g/mol. The molecule has 0 fully saturated rings. The van der Waals surface area contributed by atoms with E-state index in [2.05, 4.69) is 10.3 Å². The van der Waals surface area contributed by atoms with Gasteiger partial charge in [-0.2, -0.15) is 0 Å². The maximum absolute atomic E-state index is 5.73. The van der Waals surface area contributed by atoms with Crippen LogP contribution in [0.2, 0.25) is 0 Å². The molecule has 4 heteroatoms. The summed E-state index contributed by atoms with van der Waals surface area (Å²) in [5, 5.41) is 3.02. The molecule has 1 aromatic carbocycles. The number of nitrogens with two attached hydrogens (primary N) is 1. The van der Waals surface area contributed by atoms with Gasteiger partial charge >= 0.3 is 0 Å². The summed E-state index contributed by atoms with van der Waals surface area (Å²) in [7, 11) is 3.48. The van der Waals surface area contributed by atoms with Crippen molar-refractivity contribution in [1.29, 1.82) is 0 Å². The molecule has 0 radical (unpaired) electrons. The monoisotopic (exact) mass is 229 g/mol. The minimum absolute atomic E-state index is 0.504. The summed E-state index contributed by atoms with van der Waals surface area (Å²) < 4.78 is 5.12. The third kappa shape index (κ3) is 2.30. The zero-order valence-corrected chi connectivity index (χ0v) is 9.90. The highest BCUT2D eigenvalue weighted by Crippen LogP contribution is 2.26. The SMILES string of the molecule is CNc1cc(-c2ccc(OC)cc2)cnc1N. The Kier molecular flexibility index (Phi) is 3.14. The van der Waals surface area contributed by atoms with Crippen molar-refractivity contribution in [3.8, 4) is 16.9 Å². The van der Waals surface area contributed by atoms with Crippen LogP contribution in [-0.2, 0) is 0 Å². The largest absolute Gasteiger partial charge is 0.497 e. The zero-order valence-electron chi connectivity index (χ0n) is 9.90. The Morgan fingerprint density at radius 2 is 1.88 bits per heavy atom. The maximum Gasteiger partial charge on any atom is 0.146 e. The van der Waals surface area contributed by atoms with Gasteiger partial charge < -0.3 is 15.8 Å². The predicted molar refractivity (Wildman–Crippen MR) is 70.2 cm³/mol. The lowest BCUT2D eigenvalue weighted by Gasteiger charge is -2.08. The Hall–Kier alpha value is -2.23. The van der Waals surface area contributed by atoms with Gasteiger partial charge in [-0.3, -0.25) is 0 Å². The van der Waals surface area contributed by atoms with E-state index in [9.17, 15) is 0 Å². The zero-order chi connectivity index (χ0) is 12.3. The first-order valence-electron chi connectivity index (χ1n) is 5.32. The first-order valence-corrected chi connectivity index (χ1v) is 5.32. The fourth-order valence-electron chi connectivity index (χ4n) is 1.62. The van der Waals surface area contributed by atoms with Crippen LogP contribution < -0.4 is 15.8 Å². The van der Waals surface area contributed by atoms with E-state index < -0.39 is 0 Å². The first kappa shape index (κ1) is 11.3. The molecule has 88 valence electrons. The van der Waals surface area contributed by atoms with Crippen molar-refractivity contribution in [2.24, 2.45) is 0 Å². The second kappa shape index (κ2) is 4.74. The highest BCUT2D eigenvalue weighted by molar-refractivity contribution is 5.72. The number of nitrogen functional groups attached to an aromatic ring is 1. The van der Waals surface area contributed by atoms with Crippen LogP contribution in [0.5, 0.6) is 5.75 Å². The Balaban J connectivity index is 2.38.